The minimum Gasteiger partial charge on any atom is -0.373 e. The lowest BCUT2D eigenvalue weighted by molar-refractivity contribution is 0.0834. The van der Waals surface area contributed by atoms with Gasteiger partial charge in [0.1, 0.15) is 0 Å². The maximum atomic E-state index is 6.48. The van der Waals surface area contributed by atoms with Crippen LogP contribution in [-0.4, -0.2) is 17.7 Å². The molecule has 17 heavy (non-hydrogen) atoms. The average Bonchev–Trinajstić information content (AvgIpc) is 2.90. The Hall–Kier alpha value is -0.860. The van der Waals surface area contributed by atoms with Gasteiger partial charge in [0.05, 0.1) is 12.2 Å². The number of fused-ring (bicyclic) bond motifs is 2. The molecule has 0 spiro atoms. The number of rotatable bonds is 4. The monoisotopic (exact) mass is 231 g/mol. The molecule has 0 radical (unpaired) electrons. The van der Waals surface area contributed by atoms with Crippen molar-refractivity contribution in [3.05, 3.63) is 35.9 Å². The van der Waals surface area contributed by atoms with Gasteiger partial charge in [-0.25, -0.2) is 0 Å². The Balaban J connectivity index is 1.52. The molecule has 92 valence electrons. The van der Waals surface area contributed by atoms with Crippen molar-refractivity contribution >= 4 is 0 Å². The van der Waals surface area contributed by atoms with Gasteiger partial charge >= 0.3 is 0 Å². The van der Waals surface area contributed by atoms with Crippen molar-refractivity contribution in [3.8, 4) is 0 Å². The van der Waals surface area contributed by atoms with Gasteiger partial charge in [0.15, 0.2) is 0 Å². The van der Waals surface area contributed by atoms with Gasteiger partial charge in [-0.15, -0.1) is 0 Å². The van der Waals surface area contributed by atoms with Crippen LogP contribution in [0.5, 0.6) is 0 Å². The van der Waals surface area contributed by atoms with Crippen molar-refractivity contribution in [3.63, 3.8) is 0 Å². The number of ether oxygens (including phenoxy) is 1. The molecule has 2 aliphatic heterocycles. The fourth-order valence-corrected chi connectivity index (χ4v) is 3.36. The fourth-order valence-electron chi connectivity index (χ4n) is 3.36. The first-order valence-electron chi connectivity index (χ1n) is 6.74. The Morgan fingerprint density at radius 3 is 2.71 bits per heavy atom. The van der Waals surface area contributed by atoms with Crippen LogP contribution in [0.2, 0.25) is 0 Å². The summed E-state index contributed by atoms with van der Waals surface area (Å²) in [6.45, 7) is 0. The van der Waals surface area contributed by atoms with E-state index in [4.69, 9.17) is 10.5 Å². The molecule has 2 fully saturated rings. The van der Waals surface area contributed by atoms with Crippen LogP contribution in [0.15, 0.2) is 30.3 Å². The number of nitrogens with two attached hydrogens (primary N) is 1. The van der Waals surface area contributed by atoms with Gasteiger partial charge in [-0.1, -0.05) is 30.3 Å². The molecule has 3 rings (SSSR count). The van der Waals surface area contributed by atoms with E-state index in [2.05, 4.69) is 30.3 Å². The highest BCUT2D eigenvalue weighted by molar-refractivity contribution is 5.15. The fraction of sp³-hybridized carbons (Fsp3) is 0.600. The van der Waals surface area contributed by atoms with Crippen molar-refractivity contribution in [2.45, 2.75) is 56.3 Å². The Kier molecular flexibility index (Phi) is 2.93. The second-order valence-corrected chi connectivity index (χ2v) is 5.60. The maximum absolute atomic E-state index is 6.48. The summed E-state index contributed by atoms with van der Waals surface area (Å²) in [4.78, 5) is 0. The van der Waals surface area contributed by atoms with Gasteiger partial charge in [-0.3, -0.25) is 0 Å². The number of hydrogen-bond donors (Lipinski definition) is 1. The van der Waals surface area contributed by atoms with Crippen LogP contribution in [-0.2, 0) is 11.2 Å². The lowest BCUT2D eigenvalue weighted by Gasteiger charge is -2.31. The van der Waals surface area contributed by atoms with E-state index < -0.39 is 0 Å². The normalized spacial score (nSPS) is 35.4. The molecule has 1 aromatic rings. The highest BCUT2D eigenvalue weighted by Crippen LogP contribution is 2.42. The first-order valence-corrected chi connectivity index (χ1v) is 6.74. The molecule has 0 saturated carbocycles. The molecule has 2 heteroatoms. The molecule has 2 aliphatic rings. The Bertz CT molecular complexity index is 378. The molecule has 0 amide bonds. The molecule has 2 N–H and O–H groups in total. The average molecular weight is 231 g/mol. The van der Waals surface area contributed by atoms with E-state index in [1.807, 2.05) is 0 Å². The van der Waals surface area contributed by atoms with E-state index in [-0.39, 0.29) is 5.54 Å². The highest BCUT2D eigenvalue weighted by atomic mass is 16.5. The maximum Gasteiger partial charge on any atom is 0.0760 e. The Morgan fingerprint density at radius 2 is 2.06 bits per heavy atom. The van der Waals surface area contributed by atoms with Crippen LogP contribution in [0.1, 0.15) is 37.7 Å². The summed E-state index contributed by atoms with van der Waals surface area (Å²) < 4.78 is 5.87. The largest absolute Gasteiger partial charge is 0.373 e. The molecule has 3 atom stereocenters. The third kappa shape index (κ3) is 2.24. The first kappa shape index (κ1) is 11.2. The van der Waals surface area contributed by atoms with Crippen LogP contribution >= 0.6 is 0 Å². The zero-order valence-corrected chi connectivity index (χ0v) is 10.3. The van der Waals surface area contributed by atoms with Crippen molar-refractivity contribution < 1.29 is 4.74 Å². The van der Waals surface area contributed by atoms with Crippen LogP contribution in [0.3, 0.4) is 0 Å². The topological polar surface area (TPSA) is 35.2 Å². The molecule has 2 heterocycles. The quantitative estimate of drug-likeness (QED) is 0.864. The molecule has 0 aliphatic carbocycles. The Labute approximate surface area is 103 Å². The summed E-state index contributed by atoms with van der Waals surface area (Å²) in [6.07, 6.45) is 7.68. The van der Waals surface area contributed by atoms with Crippen molar-refractivity contribution in [1.29, 1.82) is 0 Å². The third-order valence-electron chi connectivity index (χ3n) is 4.31. The minimum atomic E-state index is -0.0301. The van der Waals surface area contributed by atoms with E-state index >= 15 is 0 Å². The molecule has 1 aromatic carbocycles. The molecule has 2 bridgehead atoms. The number of hydrogen-bond acceptors (Lipinski definition) is 2. The van der Waals surface area contributed by atoms with Crippen LogP contribution in [0, 0.1) is 0 Å². The third-order valence-corrected chi connectivity index (χ3v) is 4.31. The van der Waals surface area contributed by atoms with Gasteiger partial charge in [-0.05, 0) is 44.1 Å². The smallest absolute Gasteiger partial charge is 0.0760 e. The molecule has 2 nitrogen and oxygen atoms in total. The van der Waals surface area contributed by atoms with E-state index in [1.54, 1.807) is 0 Å². The van der Waals surface area contributed by atoms with Crippen LogP contribution < -0.4 is 5.73 Å². The van der Waals surface area contributed by atoms with Crippen molar-refractivity contribution in [1.82, 2.24) is 0 Å². The van der Waals surface area contributed by atoms with Crippen LogP contribution in [0.4, 0.5) is 0 Å². The molecule has 0 aromatic heterocycles. The second-order valence-electron chi connectivity index (χ2n) is 5.60. The van der Waals surface area contributed by atoms with Gasteiger partial charge in [0.25, 0.3) is 0 Å². The summed E-state index contributed by atoms with van der Waals surface area (Å²) >= 11 is 0. The van der Waals surface area contributed by atoms with Gasteiger partial charge in [-0.2, -0.15) is 0 Å². The van der Waals surface area contributed by atoms with E-state index in [9.17, 15) is 0 Å². The number of aryl methyl sites for hydroxylation is 1. The summed E-state index contributed by atoms with van der Waals surface area (Å²) in [6, 6.07) is 10.7. The molecule has 3 unspecified atom stereocenters. The number of benzene rings is 1. The summed E-state index contributed by atoms with van der Waals surface area (Å²) in [5.74, 6) is 0. The van der Waals surface area contributed by atoms with Gasteiger partial charge in [0.2, 0.25) is 0 Å². The lowest BCUT2D eigenvalue weighted by Crippen LogP contribution is -2.48. The molecule has 2 saturated heterocycles. The van der Waals surface area contributed by atoms with E-state index in [0.29, 0.717) is 12.2 Å². The van der Waals surface area contributed by atoms with Gasteiger partial charge in [0, 0.05) is 5.54 Å². The first-order chi connectivity index (χ1) is 8.26. The van der Waals surface area contributed by atoms with E-state index in [0.717, 1.165) is 19.3 Å². The highest BCUT2D eigenvalue weighted by Gasteiger charge is 2.49. The van der Waals surface area contributed by atoms with Gasteiger partial charge < -0.3 is 10.5 Å². The lowest BCUT2D eigenvalue weighted by atomic mass is 9.79. The molecular formula is C15H21NO. The zero-order valence-electron chi connectivity index (χ0n) is 10.3. The second kappa shape index (κ2) is 4.43. The molecular weight excluding hydrogens is 210 g/mol. The van der Waals surface area contributed by atoms with Crippen molar-refractivity contribution in [2.24, 2.45) is 5.73 Å². The predicted octanol–water partition coefficient (Wildman–Crippen LogP) is 2.66. The summed E-state index contributed by atoms with van der Waals surface area (Å²) in [5.41, 5.74) is 7.87. The minimum absolute atomic E-state index is 0.0301. The summed E-state index contributed by atoms with van der Waals surface area (Å²) in [5, 5.41) is 0. The van der Waals surface area contributed by atoms with Crippen molar-refractivity contribution in [2.75, 3.05) is 0 Å². The summed E-state index contributed by atoms with van der Waals surface area (Å²) in [7, 11) is 0. The SMILES string of the molecule is NC1(CCCc2ccccc2)CC2CCC1O2. The van der Waals surface area contributed by atoms with Crippen LogP contribution in [0.25, 0.3) is 0 Å². The van der Waals surface area contributed by atoms with E-state index in [1.165, 1.54) is 24.8 Å². The Morgan fingerprint density at radius 1 is 1.24 bits per heavy atom. The predicted molar refractivity (Wildman–Crippen MR) is 68.8 cm³/mol. The standard InChI is InChI=1S/C15H21NO/c16-15(11-13-8-9-14(15)17-13)10-4-7-12-5-2-1-3-6-12/h1-3,5-6,13-14H,4,7-11,16H2. The zero-order chi connectivity index (χ0) is 11.7.